The molecule has 0 atom stereocenters. The van der Waals surface area contributed by atoms with E-state index in [4.69, 9.17) is 43.4 Å². The largest absolute Gasteiger partial charge is 0.492 e. The average molecular weight is 562 g/mol. The molecule has 0 spiro atoms. The summed E-state index contributed by atoms with van der Waals surface area (Å²) in [5, 5.41) is 34.7. The SMILES string of the molecule is NC(=O)c1[nH]cnc1O.NC(=O)c1[nH]cnc1O.NC(=O)c1[nH]cnc1O.NC(=O)c1[nH]cnc1O.O.O.O. The number of amides is 4. The number of rotatable bonds is 4. The number of aromatic amines is 4. The fourth-order valence-electron chi connectivity index (χ4n) is 1.87. The van der Waals surface area contributed by atoms with E-state index in [1.54, 1.807) is 0 Å². The lowest BCUT2D eigenvalue weighted by atomic mass is 10.4. The summed E-state index contributed by atoms with van der Waals surface area (Å²) in [4.78, 5) is 63.9. The summed E-state index contributed by atoms with van der Waals surface area (Å²) in [6.07, 6.45) is 4.76. The van der Waals surface area contributed by atoms with Gasteiger partial charge in [0.1, 0.15) is 0 Å². The molecule has 0 unspecified atom stereocenters. The summed E-state index contributed by atoms with van der Waals surface area (Å²) >= 11 is 0. The summed E-state index contributed by atoms with van der Waals surface area (Å²) in [5.41, 5.74) is 18.9. The Bertz CT molecular complexity index is 1120. The molecular formula is C16H26N12O11. The van der Waals surface area contributed by atoms with Gasteiger partial charge >= 0.3 is 0 Å². The zero-order valence-electron chi connectivity index (χ0n) is 19.3. The molecular weight excluding hydrogens is 536 g/mol. The smallest absolute Gasteiger partial charge is 0.270 e. The zero-order chi connectivity index (χ0) is 27.4. The molecule has 0 bridgehead atoms. The van der Waals surface area contributed by atoms with Crippen molar-refractivity contribution in [2.75, 3.05) is 0 Å². The topological polar surface area (TPSA) is 462 Å². The van der Waals surface area contributed by atoms with Crippen molar-refractivity contribution in [2.24, 2.45) is 22.9 Å². The van der Waals surface area contributed by atoms with Crippen molar-refractivity contribution in [3.63, 3.8) is 0 Å². The molecule has 0 aliphatic rings. The number of imidazole rings is 4. The van der Waals surface area contributed by atoms with Crippen LogP contribution in [0.4, 0.5) is 0 Å². The number of nitrogens with two attached hydrogens (primary N) is 4. The summed E-state index contributed by atoms with van der Waals surface area (Å²) in [6, 6.07) is 0. The number of aromatic nitrogens is 8. The molecule has 4 aromatic rings. The van der Waals surface area contributed by atoms with E-state index in [0.29, 0.717) is 0 Å². The first-order valence-corrected chi connectivity index (χ1v) is 8.95. The molecule has 0 radical (unpaired) electrons. The van der Waals surface area contributed by atoms with Gasteiger partial charge in [-0.15, -0.1) is 0 Å². The van der Waals surface area contributed by atoms with E-state index in [1.165, 1.54) is 25.3 Å². The molecule has 23 nitrogen and oxygen atoms in total. The van der Waals surface area contributed by atoms with Crippen molar-refractivity contribution in [3.05, 3.63) is 48.1 Å². The maximum absolute atomic E-state index is 10.3. The first-order valence-electron chi connectivity index (χ1n) is 8.95. The van der Waals surface area contributed by atoms with Gasteiger partial charge in [-0.3, -0.25) is 19.2 Å². The molecule has 0 fully saturated rings. The molecule has 0 aromatic carbocycles. The number of carbonyl (C=O) groups excluding carboxylic acids is 4. The van der Waals surface area contributed by atoms with E-state index in [9.17, 15) is 19.2 Å². The molecule has 4 amide bonds. The molecule has 4 heterocycles. The predicted molar refractivity (Wildman–Crippen MR) is 126 cm³/mol. The van der Waals surface area contributed by atoms with Gasteiger partial charge < -0.3 is 79.7 Å². The van der Waals surface area contributed by atoms with Crippen LogP contribution >= 0.6 is 0 Å². The van der Waals surface area contributed by atoms with E-state index in [1.807, 2.05) is 0 Å². The van der Waals surface area contributed by atoms with Crippen LogP contribution in [0.15, 0.2) is 25.3 Å². The minimum atomic E-state index is -0.718. The monoisotopic (exact) mass is 562 g/mol. The van der Waals surface area contributed by atoms with Crippen molar-refractivity contribution >= 4 is 23.6 Å². The molecule has 216 valence electrons. The van der Waals surface area contributed by atoms with Crippen molar-refractivity contribution in [2.45, 2.75) is 0 Å². The van der Waals surface area contributed by atoms with Crippen molar-refractivity contribution in [3.8, 4) is 23.5 Å². The Morgan fingerprint density at radius 3 is 0.667 bits per heavy atom. The highest BCUT2D eigenvalue weighted by molar-refractivity contribution is 5.94. The molecule has 0 saturated carbocycles. The maximum atomic E-state index is 10.3. The number of hydrogen-bond acceptors (Lipinski definition) is 12. The first-order chi connectivity index (χ1) is 16.9. The van der Waals surface area contributed by atoms with Gasteiger partial charge in [-0.1, -0.05) is 0 Å². The lowest BCUT2D eigenvalue weighted by Crippen LogP contribution is -2.11. The number of primary amides is 4. The summed E-state index contributed by atoms with van der Waals surface area (Å²) in [6.45, 7) is 0. The highest BCUT2D eigenvalue weighted by atomic mass is 16.3. The normalized spacial score (nSPS) is 8.62. The third-order valence-electron chi connectivity index (χ3n) is 3.46. The fraction of sp³-hybridized carbons (Fsp3) is 0. The van der Waals surface area contributed by atoms with Gasteiger partial charge in [-0.05, 0) is 0 Å². The Kier molecular flexibility index (Phi) is 16.5. The van der Waals surface area contributed by atoms with E-state index >= 15 is 0 Å². The third-order valence-corrected chi connectivity index (χ3v) is 3.46. The lowest BCUT2D eigenvalue weighted by molar-refractivity contribution is 0.0984. The van der Waals surface area contributed by atoms with Crippen LogP contribution in [0.1, 0.15) is 42.0 Å². The standard InChI is InChI=1S/4C4H5N3O2.3H2O/c4*5-3(8)2-4(9)7-1-6-2;;;/h4*1,9H,(H2,5,8)(H,6,7);3*1H2. The molecule has 4 rings (SSSR count). The van der Waals surface area contributed by atoms with Crippen LogP contribution in [0.25, 0.3) is 0 Å². The number of hydrogen-bond donors (Lipinski definition) is 12. The van der Waals surface area contributed by atoms with E-state index in [-0.39, 0.29) is 62.7 Å². The first kappa shape index (κ1) is 37.4. The number of H-pyrrole nitrogens is 4. The van der Waals surface area contributed by atoms with Gasteiger partial charge in [0, 0.05) is 0 Å². The van der Waals surface area contributed by atoms with Gasteiger partial charge in [0.25, 0.3) is 23.6 Å². The minimum Gasteiger partial charge on any atom is -0.492 e. The summed E-state index contributed by atoms with van der Waals surface area (Å²) < 4.78 is 0. The fourth-order valence-corrected chi connectivity index (χ4v) is 1.87. The molecule has 0 aliphatic carbocycles. The summed E-state index contributed by atoms with van der Waals surface area (Å²) in [5.74, 6) is -4.31. The Balaban J connectivity index is -0.000000432. The number of nitrogens with zero attached hydrogens (tertiary/aromatic N) is 4. The molecule has 4 aromatic heterocycles. The van der Waals surface area contributed by atoms with Gasteiger partial charge in [-0.2, -0.15) is 0 Å². The van der Waals surface area contributed by atoms with Gasteiger partial charge in [-0.25, -0.2) is 19.9 Å². The van der Waals surface area contributed by atoms with Crippen LogP contribution in [-0.2, 0) is 0 Å². The van der Waals surface area contributed by atoms with Crippen molar-refractivity contribution in [1.82, 2.24) is 39.9 Å². The number of aromatic hydroxyl groups is 4. The Hall–Kier alpha value is -6.20. The Morgan fingerprint density at radius 2 is 0.615 bits per heavy atom. The molecule has 0 saturated heterocycles. The predicted octanol–water partition coefficient (Wildman–Crippen LogP) is -5.62. The zero-order valence-corrected chi connectivity index (χ0v) is 19.3. The second kappa shape index (κ2) is 17.3. The van der Waals surface area contributed by atoms with Crippen LogP contribution < -0.4 is 22.9 Å². The highest BCUT2D eigenvalue weighted by Crippen LogP contribution is 2.08. The van der Waals surface area contributed by atoms with Crippen LogP contribution in [0.5, 0.6) is 23.5 Å². The highest BCUT2D eigenvalue weighted by Gasteiger charge is 2.09. The quantitative estimate of drug-likeness (QED) is 0.111. The minimum absolute atomic E-state index is 0. The second-order valence-electron chi connectivity index (χ2n) is 5.86. The van der Waals surface area contributed by atoms with Crippen molar-refractivity contribution in [1.29, 1.82) is 0 Å². The third kappa shape index (κ3) is 11.4. The van der Waals surface area contributed by atoms with Crippen LogP contribution in [-0.4, -0.2) is 100 Å². The number of carbonyl (C=O) groups is 4. The summed E-state index contributed by atoms with van der Waals surface area (Å²) in [7, 11) is 0. The second-order valence-corrected chi connectivity index (χ2v) is 5.86. The lowest BCUT2D eigenvalue weighted by Gasteiger charge is -1.85. The van der Waals surface area contributed by atoms with E-state index in [0.717, 1.165) is 0 Å². The van der Waals surface area contributed by atoms with Gasteiger partial charge in [0.15, 0.2) is 22.8 Å². The average Bonchev–Trinajstić information content (AvgIpc) is 3.57. The number of nitrogens with one attached hydrogen (secondary N) is 4. The van der Waals surface area contributed by atoms with Crippen LogP contribution in [0, 0.1) is 0 Å². The Morgan fingerprint density at radius 1 is 0.462 bits per heavy atom. The van der Waals surface area contributed by atoms with Crippen LogP contribution in [0.2, 0.25) is 0 Å². The molecule has 0 aliphatic heterocycles. The Labute approximate surface area is 214 Å². The van der Waals surface area contributed by atoms with Crippen molar-refractivity contribution < 1.29 is 56.0 Å². The molecule has 23 heteroatoms. The van der Waals surface area contributed by atoms with Gasteiger partial charge in [0.2, 0.25) is 23.5 Å². The van der Waals surface area contributed by atoms with E-state index in [2.05, 4.69) is 39.9 Å². The van der Waals surface area contributed by atoms with Crippen LogP contribution in [0.3, 0.4) is 0 Å². The maximum Gasteiger partial charge on any atom is 0.270 e. The van der Waals surface area contributed by atoms with E-state index < -0.39 is 23.6 Å². The molecule has 22 N–H and O–H groups in total. The molecule has 39 heavy (non-hydrogen) atoms. The van der Waals surface area contributed by atoms with Gasteiger partial charge in [0.05, 0.1) is 25.3 Å².